The molecule has 3 aromatic heterocycles. The van der Waals surface area contributed by atoms with Gasteiger partial charge in [0.15, 0.2) is 0 Å². The van der Waals surface area contributed by atoms with E-state index in [-0.39, 0.29) is 11.9 Å². The van der Waals surface area contributed by atoms with Gasteiger partial charge in [0, 0.05) is 22.9 Å². The number of fused-ring (bicyclic) bond motifs is 1. The summed E-state index contributed by atoms with van der Waals surface area (Å²) in [5.74, 6) is 1.02. The molecular weight excluding hydrogens is 388 g/mol. The van der Waals surface area contributed by atoms with Crippen LogP contribution < -0.4 is 0 Å². The van der Waals surface area contributed by atoms with E-state index in [2.05, 4.69) is 40.5 Å². The number of thiophene rings is 1. The summed E-state index contributed by atoms with van der Waals surface area (Å²) in [4.78, 5) is 27.8. The maximum atomic E-state index is 13.0. The first-order chi connectivity index (χ1) is 13.7. The zero-order chi connectivity index (χ0) is 19.1. The molecule has 142 valence electrons. The number of aryl methyl sites for hydroxylation is 1. The Morgan fingerprint density at radius 2 is 2.21 bits per heavy atom. The Labute approximate surface area is 171 Å². The fourth-order valence-corrected chi connectivity index (χ4v) is 5.35. The zero-order valence-electron chi connectivity index (χ0n) is 15.5. The van der Waals surface area contributed by atoms with Crippen molar-refractivity contribution in [3.05, 3.63) is 57.5 Å². The van der Waals surface area contributed by atoms with Crippen LogP contribution in [0, 0.1) is 6.92 Å². The molecule has 0 radical (unpaired) electrons. The van der Waals surface area contributed by atoms with Crippen molar-refractivity contribution in [2.75, 3.05) is 6.54 Å². The zero-order valence-corrected chi connectivity index (χ0v) is 17.1. The number of benzene rings is 1. The average Bonchev–Trinajstić information content (AvgIpc) is 3.44. The number of hydrogen-bond donors (Lipinski definition) is 1. The third kappa shape index (κ3) is 3.25. The second-order valence-corrected chi connectivity index (χ2v) is 8.86. The Morgan fingerprint density at radius 1 is 1.29 bits per heavy atom. The summed E-state index contributed by atoms with van der Waals surface area (Å²) < 4.78 is 0. The number of imidazole rings is 1. The Bertz CT molecular complexity index is 1130. The fraction of sp³-hybridized carbons (Fsp3) is 0.286. The second kappa shape index (κ2) is 7.14. The highest BCUT2D eigenvalue weighted by Gasteiger charge is 2.32. The van der Waals surface area contributed by atoms with Crippen LogP contribution in [-0.2, 0) is 11.2 Å². The maximum absolute atomic E-state index is 13.0. The van der Waals surface area contributed by atoms with E-state index in [1.807, 2.05) is 21.7 Å². The van der Waals surface area contributed by atoms with Gasteiger partial charge in [-0.25, -0.2) is 9.97 Å². The highest BCUT2D eigenvalue weighted by Crippen LogP contribution is 2.32. The smallest absolute Gasteiger partial charge is 0.229 e. The first-order valence-corrected chi connectivity index (χ1v) is 11.2. The topological polar surface area (TPSA) is 61.9 Å². The summed E-state index contributed by atoms with van der Waals surface area (Å²) in [6, 6.07) is 8.30. The number of carbonyl (C=O) groups excluding carboxylic acids is 1. The van der Waals surface area contributed by atoms with E-state index in [0.717, 1.165) is 52.5 Å². The first kappa shape index (κ1) is 17.6. The summed E-state index contributed by atoms with van der Waals surface area (Å²) in [5.41, 5.74) is 5.17. The number of aromatic nitrogens is 3. The van der Waals surface area contributed by atoms with Crippen molar-refractivity contribution in [1.82, 2.24) is 19.9 Å². The molecule has 0 saturated carbocycles. The van der Waals surface area contributed by atoms with Gasteiger partial charge in [0.05, 0.1) is 29.2 Å². The van der Waals surface area contributed by atoms with Crippen molar-refractivity contribution in [3.63, 3.8) is 0 Å². The van der Waals surface area contributed by atoms with Crippen LogP contribution in [0.4, 0.5) is 0 Å². The lowest BCUT2D eigenvalue weighted by atomic mass is 10.2. The van der Waals surface area contributed by atoms with Gasteiger partial charge in [-0.3, -0.25) is 4.79 Å². The van der Waals surface area contributed by atoms with Gasteiger partial charge in [0.2, 0.25) is 5.91 Å². The van der Waals surface area contributed by atoms with Crippen LogP contribution in [0.15, 0.2) is 40.4 Å². The van der Waals surface area contributed by atoms with Gasteiger partial charge in [0.1, 0.15) is 10.8 Å². The van der Waals surface area contributed by atoms with E-state index in [4.69, 9.17) is 4.98 Å². The standard InChI is InChI=1S/C21H20N4OS2/c1-13-4-5-16-17(9-13)24-20(23-16)18-3-2-7-25(18)19(26)10-15-12-28-21(22-15)14-6-8-27-11-14/h4-6,8-9,11-12,18H,2-3,7,10H2,1H3,(H,23,24)/t18-/m0/s1. The van der Waals surface area contributed by atoms with E-state index in [1.54, 1.807) is 22.7 Å². The van der Waals surface area contributed by atoms with E-state index >= 15 is 0 Å². The van der Waals surface area contributed by atoms with Gasteiger partial charge >= 0.3 is 0 Å². The molecule has 5 rings (SSSR count). The van der Waals surface area contributed by atoms with Crippen LogP contribution in [0.5, 0.6) is 0 Å². The van der Waals surface area contributed by atoms with Crippen molar-refractivity contribution in [1.29, 1.82) is 0 Å². The minimum Gasteiger partial charge on any atom is -0.340 e. The third-order valence-electron chi connectivity index (χ3n) is 5.20. The molecule has 4 aromatic rings. The normalized spacial score (nSPS) is 16.9. The number of likely N-dealkylation sites (tertiary alicyclic amines) is 1. The van der Waals surface area contributed by atoms with Crippen molar-refractivity contribution >= 4 is 39.6 Å². The molecule has 1 atom stereocenters. The molecule has 28 heavy (non-hydrogen) atoms. The molecule has 1 N–H and O–H groups in total. The lowest BCUT2D eigenvalue weighted by molar-refractivity contribution is -0.131. The van der Waals surface area contributed by atoms with E-state index < -0.39 is 0 Å². The van der Waals surface area contributed by atoms with Crippen molar-refractivity contribution in [2.45, 2.75) is 32.2 Å². The Morgan fingerprint density at radius 3 is 3.07 bits per heavy atom. The molecule has 5 nitrogen and oxygen atoms in total. The van der Waals surface area contributed by atoms with Crippen molar-refractivity contribution in [3.8, 4) is 10.6 Å². The summed E-state index contributed by atoms with van der Waals surface area (Å²) in [6.07, 6.45) is 2.29. The summed E-state index contributed by atoms with van der Waals surface area (Å²) in [6.45, 7) is 2.85. The second-order valence-electron chi connectivity index (χ2n) is 7.22. The molecule has 1 saturated heterocycles. The molecule has 1 aromatic carbocycles. The van der Waals surface area contributed by atoms with Gasteiger partial charge in [-0.2, -0.15) is 11.3 Å². The van der Waals surface area contributed by atoms with Crippen LogP contribution in [0.1, 0.15) is 36.0 Å². The molecule has 0 bridgehead atoms. The number of H-pyrrole nitrogens is 1. The predicted octanol–water partition coefficient (Wildman–Crippen LogP) is 4.96. The SMILES string of the molecule is Cc1ccc2nc([C@@H]3CCCN3C(=O)Cc3csc(-c4ccsc4)n3)[nH]c2c1. The molecule has 7 heteroatoms. The van der Waals surface area contributed by atoms with Gasteiger partial charge < -0.3 is 9.88 Å². The predicted molar refractivity (Wildman–Crippen MR) is 114 cm³/mol. The Kier molecular flexibility index (Phi) is 4.49. The quantitative estimate of drug-likeness (QED) is 0.519. The van der Waals surface area contributed by atoms with Gasteiger partial charge in [-0.1, -0.05) is 6.07 Å². The highest BCUT2D eigenvalue weighted by atomic mass is 32.1. The van der Waals surface area contributed by atoms with E-state index in [9.17, 15) is 4.79 Å². The molecule has 1 amide bonds. The molecule has 1 aliphatic heterocycles. The van der Waals surface area contributed by atoms with Crippen LogP contribution in [0.25, 0.3) is 21.6 Å². The summed E-state index contributed by atoms with van der Waals surface area (Å²) >= 11 is 3.26. The maximum Gasteiger partial charge on any atom is 0.229 e. The molecule has 0 spiro atoms. The number of rotatable bonds is 4. The Hall–Kier alpha value is -2.51. The Balaban J connectivity index is 1.35. The van der Waals surface area contributed by atoms with Crippen molar-refractivity contribution < 1.29 is 4.79 Å². The minimum absolute atomic E-state index is 0.0233. The minimum atomic E-state index is 0.0233. The third-order valence-corrected chi connectivity index (χ3v) is 6.82. The van der Waals surface area contributed by atoms with Crippen LogP contribution in [0.3, 0.4) is 0 Å². The molecular formula is C21H20N4OS2. The van der Waals surface area contributed by atoms with Crippen LogP contribution in [-0.4, -0.2) is 32.3 Å². The number of hydrogen-bond acceptors (Lipinski definition) is 5. The largest absolute Gasteiger partial charge is 0.340 e. The van der Waals surface area contributed by atoms with Crippen LogP contribution >= 0.6 is 22.7 Å². The van der Waals surface area contributed by atoms with Gasteiger partial charge in [-0.05, 0) is 48.9 Å². The average molecular weight is 409 g/mol. The number of thiazole rings is 1. The first-order valence-electron chi connectivity index (χ1n) is 9.40. The number of nitrogens with one attached hydrogen (secondary N) is 1. The molecule has 0 unspecified atom stereocenters. The molecule has 4 heterocycles. The van der Waals surface area contributed by atoms with Gasteiger partial charge in [-0.15, -0.1) is 11.3 Å². The van der Waals surface area contributed by atoms with E-state index in [0.29, 0.717) is 6.42 Å². The molecule has 0 aliphatic carbocycles. The van der Waals surface area contributed by atoms with Crippen molar-refractivity contribution in [2.24, 2.45) is 0 Å². The highest BCUT2D eigenvalue weighted by molar-refractivity contribution is 7.14. The number of amides is 1. The lowest BCUT2D eigenvalue weighted by Crippen LogP contribution is -2.32. The number of aromatic amines is 1. The summed E-state index contributed by atoms with van der Waals surface area (Å²) in [7, 11) is 0. The monoisotopic (exact) mass is 408 g/mol. The number of nitrogens with zero attached hydrogens (tertiary/aromatic N) is 3. The lowest BCUT2D eigenvalue weighted by Gasteiger charge is -2.22. The number of carbonyl (C=O) groups is 1. The fourth-order valence-electron chi connectivity index (χ4n) is 3.81. The molecule has 1 aliphatic rings. The van der Waals surface area contributed by atoms with Gasteiger partial charge in [0.25, 0.3) is 0 Å². The van der Waals surface area contributed by atoms with Crippen LogP contribution in [0.2, 0.25) is 0 Å². The van der Waals surface area contributed by atoms with E-state index in [1.165, 1.54) is 5.56 Å². The summed E-state index contributed by atoms with van der Waals surface area (Å²) in [5, 5.41) is 7.12. The molecule has 1 fully saturated rings.